The lowest BCUT2D eigenvalue weighted by Gasteiger charge is -2.28. The van der Waals surface area contributed by atoms with Gasteiger partial charge in [0.15, 0.2) is 0 Å². The van der Waals surface area contributed by atoms with E-state index in [1.165, 1.54) is 50.0 Å². The topological polar surface area (TPSA) is 41.5 Å². The van der Waals surface area contributed by atoms with E-state index in [0.29, 0.717) is 25.3 Å². The summed E-state index contributed by atoms with van der Waals surface area (Å²) in [6.07, 6.45) is 7.39. The molecule has 2 N–H and O–H groups in total. The summed E-state index contributed by atoms with van der Waals surface area (Å²) in [5, 5.41) is 13.4. The van der Waals surface area contributed by atoms with E-state index in [2.05, 4.69) is 12.2 Å². The minimum absolute atomic E-state index is 0.353. The second-order valence-electron chi connectivity index (χ2n) is 6.16. The van der Waals surface area contributed by atoms with Crippen LogP contribution in [0, 0.1) is 5.92 Å². The average Bonchev–Trinajstić information content (AvgIpc) is 2.45. The molecular weight excluding hydrogens is 258 g/mol. The van der Waals surface area contributed by atoms with E-state index in [0.717, 1.165) is 5.92 Å². The second-order valence-corrected chi connectivity index (χ2v) is 7.39. The van der Waals surface area contributed by atoms with E-state index in [4.69, 9.17) is 4.74 Å². The predicted molar refractivity (Wildman–Crippen MR) is 81.7 cm³/mol. The highest BCUT2D eigenvalue weighted by atomic mass is 32.2. The summed E-state index contributed by atoms with van der Waals surface area (Å²) in [6.45, 7) is 3.49. The predicted octanol–water partition coefficient (Wildman–Crippen LogP) is 2.43. The summed E-state index contributed by atoms with van der Waals surface area (Å²) in [5.41, 5.74) is 0. The minimum Gasteiger partial charge on any atom is -0.389 e. The number of aliphatic hydroxyl groups excluding tert-OH is 1. The Labute approximate surface area is 121 Å². The molecule has 1 atom stereocenters. The molecule has 1 heterocycles. The van der Waals surface area contributed by atoms with Gasteiger partial charge in [-0.1, -0.05) is 6.92 Å². The van der Waals surface area contributed by atoms with E-state index < -0.39 is 0 Å². The summed E-state index contributed by atoms with van der Waals surface area (Å²) in [4.78, 5) is 0. The van der Waals surface area contributed by atoms with Crippen LogP contribution in [0.1, 0.15) is 45.4 Å². The average molecular weight is 287 g/mol. The molecule has 1 unspecified atom stereocenters. The quantitative estimate of drug-likeness (QED) is 0.787. The van der Waals surface area contributed by atoms with Crippen molar-refractivity contribution >= 4 is 11.8 Å². The van der Waals surface area contributed by atoms with Gasteiger partial charge in [-0.25, -0.2) is 0 Å². The van der Waals surface area contributed by atoms with Gasteiger partial charge in [0, 0.05) is 12.6 Å². The zero-order chi connectivity index (χ0) is 13.5. The van der Waals surface area contributed by atoms with E-state index in [-0.39, 0.29) is 6.10 Å². The Morgan fingerprint density at radius 1 is 1.16 bits per heavy atom. The van der Waals surface area contributed by atoms with Gasteiger partial charge in [0.2, 0.25) is 0 Å². The molecule has 0 bridgehead atoms. The smallest absolute Gasteiger partial charge is 0.0897 e. The first-order valence-electron chi connectivity index (χ1n) is 7.85. The van der Waals surface area contributed by atoms with Crippen molar-refractivity contribution in [2.24, 2.45) is 5.92 Å². The van der Waals surface area contributed by atoms with Crippen molar-refractivity contribution in [1.82, 2.24) is 5.32 Å². The minimum atomic E-state index is -0.353. The fourth-order valence-corrected chi connectivity index (χ4v) is 4.01. The zero-order valence-corrected chi connectivity index (χ0v) is 13.0. The third-order valence-electron chi connectivity index (χ3n) is 4.35. The zero-order valence-electron chi connectivity index (χ0n) is 12.1. The van der Waals surface area contributed by atoms with Gasteiger partial charge in [-0.3, -0.25) is 0 Å². The van der Waals surface area contributed by atoms with Crippen LogP contribution >= 0.6 is 11.8 Å². The Morgan fingerprint density at radius 3 is 2.53 bits per heavy atom. The molecule has 0 aromatic rings. The van der Waals surface area contributed by atoms with Crippen molar-refractivity contribution in [2.45, 2.75) is 63.7 Å². The summed E-state index contributed by atoms with van der Waals surface area (Å²) < 4.78 is 5.84. The number of thioether (sulfide) groups is 1. The van der Waals surface area contributed by atoms with Crippen molar-refractivity contribution in [3.8, 4) is 0 Å². The third-order valence-corrected chi connectivity index (χ3v) is 5.40. The Morgan fingerprint density at radius 2 is 1.84 bits per heavy atom. The molecule has 0 aromatic heterocycles. The maximum atomic E-state index is 9.97. The standard InChI is InChI=1S/C15H29NO2S/c1-12-2-4-15(5-3-12)18-11-14(17)10-16-13-6-8-19-9-7-13/h12-17H,2-11H2,1H3. The highest BCUT2D eigenvalue weighted by Crippen LogP contribution is 2.25. The highest BCUT2D eigenvalue weighted by molar-refractivity contribution is 7.99. The van der Waals surface area contributed by atoms with Gasteiger partial charge in [-0.15, -0.1) is 0 Å². The van der Waals surface area contributed by atoms with Gasteiger partial charge in [0.25, 0.3) is 0 Å². The molecule has 2 fully saturated rings. The van der Waals surface area contributed by atoms with Crippen LogP contribution in [0.4, 0.5) is 0 Å². The van der Waals surface area contributed by atoms with Crippen molar-refractivity contribution in [2.75, 3.05) is 24.7 Å². The molecule has 19 heavy (non-hydrogen) atoms. The molecule has 1 aliphatic carbocycles. The van der Waals surface area contributed by atoms with Crippen molar-refractivity contribution in [1.29, 1.82) is 0 Å². The van der Waals surface area contributed by atoms with E-state index in [9.17, 15) is 5.11 Å². The molecule has 2 aliphatic rings. The van der Waals surface area contributed by atoms with Gasteiger partial charge in [-0.05, 0) is 55.9 Å². The van der Waals surface area contributed by atoms with Crippen molar-refractivity contribution in [3.63, 3.8) is 0 Å². The molecule has 0 spiro atoms. The first-order chi connectivity index (χ1) is 9.24. The molecule has 1 aliphatic heterocycles. The first kappa shape index (κ1) is 15.6. The van der Waals surface area contributed by atoms with E-state index in [1.54, 1.807) is 0 Å². The largest absolute Gasteiger partial charge is 0.389 e. The normalized spacial score (nSPS) is 31.3. The fraction of sp³-hybridized carbons (Fsp3) is 1.00. The Kier molecular flexibility index (Phi) is 6.99. The van der Waals surface area contributed by atoms with Crippen LogP contribution in [0.15, 0.2) is 0 Å². The Hall–Kier alpha value is 0.230. The van der Waals surface area contributed by atoms with Crippen LogP contribution in [0.2, 0.25) is 0 Å². The Bertz CT molecular complexity index is 238. The number of aliphatic hydroxyl groups is 1. The van der Waals surface area contributed by atoms with Crippen LogP contribution in [-0.2, 0) is 4.74 Å². The fourth-order valence-electron chi connectivity index (χ4n) is 2.91. The van der Waals surface area contributed by atoms with Crippen LogP contribution in [0.5, 0.6) is 0 Å². The van der Waals surface area contributed by atoms with E-state index in [1.807, 2.05) is 11.8 Å². The van der Waals surface area contributed by atoms with Crippen LogP contribution in [0.25, 0.3) is 0 Å². The molecule has 4 heteroatoms. The molecule has 0 amide bonds. The number of hydrogen-bond donors (Lipinski definition) is 2. The number of rotatable bonds is 6. The van der Waals surface area contributed by atoms with Gasteiger partial charge in [0.1, 0.15) is 0 Å². The van der Waals surface area contributed by atoms with Gasteiger partial charge in [0.05, 0.1) is 18.8 Å². The SMILES string of the molecule is CC1CCC(OCC(O)CNC2CCSCC2)CC1. The number of hydrogen-bond acceptors (Lipinski definition) is 4. The molecule has 0 aromatic carbocycles. The third kappa shape index (κ3) is 6.03. The van der Waals surface area contributed by atoms with Crippen LogP contribution in [-0.4, -0.2) is 48.0 Å². The molecule has 2 rings (SSSR count). The summed E-state index contributed by atoms with van der Waals surface area (Å²) in [6, 6.07) is 0.603. The molecule has 112 valence electrons. The lowest BCUT2D eigenvalue weighted by molar-refractivity contribution is -0.0284. The maximum absolute atomic E-state index is 9.97. The maximum Gasteiger partial charge on any atom is 0.0897 e. The van der Waals surface area contributed by atoms with Gasteiger partial charge < -0.3 is 15.2 Å². The van der Waals surface area contributed by atoms with Crippen LogP contribution in [0.3, 0.4) is 0 Å². The van der Waals surface area contributed by atoms with Crippen molar-refractivity contribution < 1.29 is 9.84 Å². The summed E-state index contributed by atoms with van der Waals surface area (Å²) >= 11 is 2.03. The molecular formula is C15H29NO2S. The lowest BCUT2D eigenvalue weighted by Crippen LogP contribution is -2.40. The number of ether oxygens (including phenoxy) is 1. The van der Waals surface area contributed by atoms with Gasteiger partial charge in [-0.2, -0.15) is 11.8 Å². The van der Waals surface area contributed by atoms with Gasteiger partial charge >= 0.3 is 0 Å². The molecule has 1 saturated carbocycles. The summed E-state index contributed by atoms with van der Waals surface area (Å²) in [7, 11) is 0. The first-order valence-corrected chi connectivity index (χ1v) is 9.00. The lowest BCUT2D eigenvalue weighted by atomic mass is 9.89. The second kappa shape index (κ2) is 8.50. The molecule has 0 radical (unpaired) electrons. The molecule has 1 saturated heterocycles. The Balaban J connectivity index is 1.52. The van der Waals surface area contributed by atoms with Crippen molar-refractivity contribution in [3.05, 3.63) is 0 Å². The molecule has 3 nitrogen and oxygen atoms in total. The van der Waals surface area contributed by atoms with Crippen LogP contribution < -0.4 is 5.32 Å². The van der Waals surface area contributed by atoms with E-state index >= 15 is 0 Å². The number of nitrogens with one attached hydrogen (secondary N) is 1. The summed E-state index contributed by atoms with van der Waals surface area (Å²) in [5.74, 6) is 3.37. The highest BCUT2D eigenvalue weighted by Gasteiger charge is 2.20. The monoisotopic (exact) mass is 287 g/mol.